The SMILES string of the molecule is CCOc1cccc(N2C(=O)CC(SCC(=O)Nc3cccc(Cl)c3)C2=O)c1. The van der Waals surface area contributed by atoms with E-state index in [1.54, 1.807) is 48.5 Å². The Morgan fingerprint density at radius 2 is 2.04 bits per heavy atom. The van der Waals surface area contributed by atoms with Gasteiger partial charge in [-0.25, -0.2) is 4.90 Å². The molecule has 0 bridgehead atoms. The summed E-state index contributed by atoms with van der Waals surface area (Å²) in [4.78, 5) is 38.4. The number of halogens is 1. The van der Waals surface area contributed by atoms with Gasteiger partial charge in [-0.3, -0.25) is 14.4 Å². The first kappa shape index (κ1) is 20.2. The Labute approximate surface area is 172 Å². The van der Waals surface area contributed by atoms with E-state index < -0.39 is 5.25 Å². The maximum atomic E-state index is 12.7. The Morgan fingerprint density at radius 1 is 1.25 bits per heavy atom. The Balaban J connectivity index is 1.60. The second-order valence-electron chi connectivity index (χ2n) is 6.06. The van der Waals surface area contributed by atoms with Crippen molar-refractivity contribution in [2.24, 2.45) is 0 Å². The average molecular weight is 419 g/mol. The van der Waals surface area contributed by atoms with Gasteiger partial charge in [0.2, 0.25) is 17.7 Å². The summed E-state index contributed by atoms with van der Waals surface area (Å²) in [6.07, 6.45) is 0.0623. The number of benzene rings is 2. The van der Waals surface area contributed by atoms with Crippen LogP contribution in [0.15, 0.2) is 48.5 Å². The van der Waals surface area contributed by atoms with Gasteiger partial charge in [-0.15, -0.1) is 11.8 Å². The number of ether oxygens (including phenoxy) is 1. The Kier molecular flexibility index (Phi) is 6.59. The molecule has 2 aromatic carbocycles. The van der Waals surface area contributed by atoms with Gasteiger partial charge in [0.1, 0.15) is 5.75 Å². The molecule has 1 aliphatic heterocycles. The molecule has 1 atom stereocenters. The highest BCUT2D eigenvalue weighted by molar-refractivity contribution is 8.01. The molecule has 1 aliphatic rings. The highest BCUT2D eigenvalue weighted by Gasteiger charge is 2.40. The standard InChI is InChI=1S/C20H19ClN2O4S/c1-2-27-16-8-4-7-15(10-16)23-19(25)11-17(20(23)26)28-12-18(24)22-14-6-3-5-13(21)9-14/h3-10,17H,2,11-12H2,1H3,(H,22,24). The zero-order valence-electron chi connectivity index (χ0n) is 15.2. The van der Waals surface area contributed by atoms with Crippen molar-refractivity contribution in [2.75, 3.05) is 22.6 Å². The summed E-state index contributed by atoms with van der Waals surface area (Å²) in [5.74, 6) is -0.212. The highest BCUT2D eigenvalue weighted by Crippen LogP contribution is 2.31. The van der Waals surface area contributed by atoms with Crippen molar-refractivity contribution in [3.05, 3.63) is 53.6 Å². The van der Waals surface area contributed by atoms with Gasteiger partial charge >= 0.3 is 0 Å². The van der Waals surface area contributed by atoms with Crippen LogP contribution in [0.4, 0.5) is 11.4 Å². The van der Waals surface area contributed by atoms with E-state index in [1.807, 2.05) is 6.92 Å². The van der Waals surface area contributed by atoms with Crippen LogP contribution in [0.25, 0.3) is 0 Å². The lowest BCUT2D eigenvalue weighted by molar-refractivity contribution is -0.121. The summed E-state index contributed by atoms with van der Waals surface area (Å²) in [7, 11) is 0. The minimum Gasteiger partial charge on any atom is -0.494 e. The number of imide groups is 1. The largest absolute Gasteiger partial charge is 0.494 e. The van der Waals surface area contributed by atoms with Crippen molar-refractivity contribution in [2.45, 2.75) is 18.6 Å². The van der Waals surface area contributed by atoms with Crippen LogP contribution < -0.4 is 15.0 Å². The van der Waals surface area contributed by atoms with E-state index in [-0.39, 0.29) is 29.9 Å². The van der Waals surface area contributed by atoms with Gasteiger partial charge in [-0.1, -0.05) is 23.7 Å². The van der Waals surface area contributed by atoms with Crippen LogP contribution in [-0.2, 0) is 14.4 Å². The second-order valence-corrected chi connectivity index (χ2v) is 7.69. The van der Waals surface area contributed by atoms with Crippen molar-refractivity contribution in [1.82, 2.24) is 0 Å². The maximum absolute atomic E-state index is 12.7. The van der Waals surface area contributed by atoms with Crippen LogP contribution in [0, 0.1) is 0 Å². The molecule has 8 heteroatoms. The lowest BCUT2D eigenvalue weighted by Gasteiger charge is -2.16. The minimum atomic E-state index is -0.589. The number of amides is 3. The van der Waals surface area contributed by atoms with E-state index in [0.717, 1.165) is 16.7 Å². The van der Waals surface area contributed by atoms with Crippen LogP contribution in [0.2, 0.25) is 5.02 Å². The van der Waals surface area contributed by atoms with Gasteiger partial charge < -0.3 is 10.1 Å². The van der Waals surface area contributed by atoms with Crippen molar-refractivity contribution in [3.63, 3.8) is 0 Å². The molecule has 3 rings (SSSR count). The third-order valence-electron chi connectivity index (χ3n) is 4.02. The van der Waals surface area contributed by atoms with Gasteiger partial charge in [-0.05, 0) is 37.3 Å². The van der Waals surface area contributed by atoms with Crippen LogP contribution in [-0.4, -0.2) is 35.3 Å². The Bertz CT molecular complexity index is 905. The van der Waals surface area contributed by atoms with Crippen molar-refractivity contribution >= 4 is 52.5 Å². The summed E-state index contributed by atoms with van der Waals surface area (Å²) in [6, 6.07) is 13.7. The molecule has 0 aromatic heterocycles. The molecular weight excluding hydrogens is 400 g/mol. The molecule has 0 radical (unpaired) electrons. The number of carbonyl (C=O) groups excluding carboxylic acids is 3. The average Bonchev–Trinajstić information content (AvgIpc) is 2.94. The highest BCUT2D eigenvalue weighted by atomic mass is 35.5. The predicted octanol–water partition coefficient (Wildman–Crippen LogP) is 3.74. The lowest BCUT2D eigenvalue weighted by Crippen LogP contribution is -2.31. The first-order chi connectivity index (χ1) is 13.5. The van der Waals surface area contributed by atoms with Crippen molar-refractivity contribution in [1.29, 1.82) is 0 Å². The smallest absolute Gasteiger partial charge is 0.247 e. The molecule has 1 unspecified atom stereocenters. The third-order valence-corrected chi connectivity index (χ3v) is 5.45. The monoisotopic (exact) mass is 418 g/mol. The molecule has 1 fully saturated rings. The van der Waals surface area contributed by atoms with E-state index in [4.69, 9.17) is 16.3 Å². The predicted molar refractivity (Wildman–Crippen MR) is 111 cm³/mol. The van der Waals surface area contributed by atoms with E-state index in [2.05, 4.69) is 5.32 Å². The van der Waals surface area contributed by atoms with Gasteiger partial charge in [0.25, 0.3) is 0 Å². The van der Waals surface area contributed by atoms with Crippen molar-refractivity contribution < 1.29 is 19.1 Å². The Hall–Kier alpha value is -2.51. The van der Waals surface area contributed by atoms with Crippen LogP contribution >= 0.6 is 23.4 Å². The zero-order chi connectivity index (χ0) is 20.1. The second kappa shape index (κ2) is 9.12. The van der Waals surface area contributed by atoms with Crippen LogP contribution in [0.3, 0.4) is 0 Å². The quantitative estimate of drug-likeness (QED) is 0.693. The molecule has 3 amide bonds. The molecule has 2 aromatic rings. The fraction of sp³-hybridized carbons (Fsp3) is 0.250. The van der Waals surface area contributed by atoms with Gasteiger partial charge in [0, 0.05) is 23.2 Å². The number of nitrogens with zero attached hydrogens (tertiary/aromatic N) is 1. The summed E-state index contributed by atoms with van der Waals surface area (Å²) in [5.41, 5.74) is 1.06. The molecule has 0 saturated carbocycles. The normalized spacial score (nSPS) is 16.4. The van der Waals surface area contributed by atoms with E-state index in [9.17, 15) is 14.4 Å². The fourth-order valence-electron chi connectivity index (χ4n) is 2.82. The summed E-state index contributed by atoms with van der Waals surface area (Å²) in [6.45, 7) is 2.35. The van der Waals surface area contributed by atoms with Gasteiger partial charge in [0.05, 0.1) is 23.3 Å². The summed E-state index contributed by atoms with van der Waals surface area (Å²) < 4.78 is 5.43. The third kappa shape index (κ3) is 4.85. The van der Waals surface area contributed by atoms with E-state index in [0.29, 0.717) is 28.8 Å². The van der Waals surface area contributed by atoms with E-state index >= 15 is 0 Å². The molecule has 1 N–H and O–H groups in total. The van der Waals surface area contributed by atoms with Crippen LogP contribution in [0.1, 0.15) is 13.3 Å². The number of hydrogen-bond donors (Lipinski definition) is 1. The molecule has 1 saturated heterocycles. The molecule has 146 valence electrons. The number of carbonyl (C=O) groups is 3. The molecule has 6 nitrogen and oxygen atoms in total. The summed E-state index contributed by atoms with van der Waals surface area (Å²) in [5, 5.41) is 2.66. The zero-order valence-corrected chi connectivity index (χ0v) is 16.8. The number of hydrogen-bond acceptors (Lipinski definition) is 5. The minimum absolute atomic E-state index is 0.0586. The first-order valence-electron chi connectivity index (χ1n) is 8.74. The molecular formula is C20H19ClN2O4S. The molecule has 0 spiro atoms. The topological polar surface area (TPSA) is 75.7 Å². The molecule has 28 heavy (non-hydrogen) atoms. The fourth-order valence-corrected chi connectivity index (χ4v) is 3.95. The molecule has 0 aliphatic carbocycles. The van der Waals surface area contributed by atoms with Gasteiger partial charge in [-0.2, -0.15) is 0 Å². The number of nitrogens with one attached hydrogen (secondary N) is 1. The van der Waals surface area contributed by atoms with E-state index in [1.165, 1.54) is 0 Å². The number of rotatable bonds is 7. The molecule has 1 heterocycles. The summed E-state index contributed by atoms with van der Waals surface area (Å²) >= 11 is 7.05. The maximum Gasteiger partial charge on any atom is 0.247 e. The number of thioether (sulfide) groups is 1. The van der Waals surface area contributed by atoms with Gasteiger partial charge in [0.15, 0.2) is 0 Å². The first-order valence-corrected chi connectivity index (χ1v) is 10.2. The Morgan fingerprint density at radius 3 is 2.79 bits per heavy atom. The van der Waals surface area contributed by atoms with Crippen LogP contribution in [0.5, 0.6) is 5.75 Å². The lowest BCUT2D eigenvalue weighted by atomic mass is 10.3. The number of anilines is 2. The van der Waals surface area contributed by atoms with Crippen molar-refractivity contribution in [3.8, 4) is 5.75 Å².